The van der Waals surface area contributed by atoms with Gasteiger partial charge >= 0.3 is 0 Å². The number of hydrogen-bond donors (Lipinski definition) is 1. The summed E-state index contributed by atoms with van der Waals surface area (Å²) in [5, 5.41) is 4.58. The Morgan fingerprint density at radius 2 is 1.73 bits per heavy atom. The van der Waals surface area contributed by atoms with Gasteiger partial charge in [0.15, 0.2) is 11.5 Å². The number of rotatable bonds is 14. The normalized spacial score (nSPS) is 12.2. The second kappa shape index (κ2) is 14.3. The SMILES string of the molecule is CCC(C)N(CC(=O)N(CCc1ccc(OC)c(OC)c1)Cc1cccs1)S(=O)(=O)c1ccc(NC(C)=O)cc1. The third-order valence-corrected chi connectivity index (χ3v) is 9.39. The largest absolute Gasteiger partial charge is 0.493 e. The standard InChI is InChI=1S/C29H37N3O6S2/c1-6-21(2)32(40(35,36)26-12-10-24(11-13-26)30-22(3)33)20-29(34)31(19-25-8-7-17-39-25)16-15-23-9-14-27(37-4)28(18-23)38-5/h7-14,17-18,21H,6,15-16,19-20H2,1-5H3,(H,30,33). The monoisotopic (exact) mass is 587 g/mol. The highest BCUT2D eigenvalue weighted by atomic mass is 32.2. The molecule has 0 fully saturated rings. The van der Waals surface area contributed by atoms with E-state index < -0.39 is 16.1 Å². The number of benzene rings is 2. The van der Waals surface area contributed by atoms with E-state index in [0.717, 1.165) is 10.4 Å². The maximum absolute atomic E-state index is 13.7. The van der Waals surface area contributed by atoms with E-state index in [1.807, 2.05) is 42.6 Å². The molecular weight excluding hydrogens is 550 g/mol. The maximum atomic E-state index is 13.7. The van der Waals surface area contributed by atoms with E-state index in [-0.39, 0.29) is 23.3 Å². The predicted octanol–water partition coefficient (Wildman–Crippen LogP) is 4.78. The number of nitrogens with zero attached hydrogens (tertiary/aromatic N) is 2. The lowest BCUT2D eigenvalue weighted by molar-refractivity contribution is -0.132. The predicted molar refractivity (Wildman–Crippen MR) is 157 cm³/mol. The van der Waals surface area contributed by atoms with Gasteiger partial charge in [0.25, 0.3) is 0 Å². The fourth-order valence-corrected chi connectivity index (χ4v) is 6.52. The van der Waals surface area contributed by atoms with Gasteiger partial charge in [-0.3, -0.25) is 9.59 Å². The average molecular weight is 588 g/mol. The molecule has 1 unspecified atom stereocenters. The molecule has 1 heterocycles. The van der Waals surface area contributed by atoms with E-state index in [2.05, 4.69) is 5.32 Å². The molecule has 40 heavy (non-hydrogen) atoms. The lowest BCUT2D eigenvalue weighted by atomic mass is 10.1. The van der Waals surface area contributed by atoms with Gasteiger partial charge in [-0.05, 0) is 73.2 Å². The summed E-state index contributed by atoms with van der Waals surface area (Å²) in [5.74, 6) is 0.695. The van der Waals surface area contributed by atoms with Crippen LogP contribution in [0.5, 0.6) is 11.5 Å². The molecule has 0 radical (unpaired) electrons. The van der Waals surface area contributed by atoms with E-state index in [9.17, 15) is 18.0 Å². The van der Waals surface area contributed by atoms with Crippen LogP contribution < -0.4 is 14.8 Å². The molecule has 0 bridgehead atoms. The highest BCUT2D eigenvalue weighted by Gasteiger charge is 2.32. The molecule has 0 saturated heterocycles. The van der Waals surface area contributed by atoms with Crippen LogP contribution in [0.1, 0.15) is 37.6 Å². The quantitative estimate of drug-likeness (QED) is 0.291. The summed E-state index contributed by atoms with van der Waals surface area (Å²) in [5.41, 5.74) is 1.46. The summed E-state index contributed by atoms with van der Waals surface area (Å²) in [6.45, 7) is 5.55. The zero-order chi connectivity index (χ0) is 29.3. The smallest absolute Gasteiger partial charge is 0.243 e. The fraction of sp³-hybridized carbons (Fsp3) is 0.379. The zero-order valence-electron chi connectivity index (χ0n) is 23.5. The van der Waals surface area contributed by atoms with Crippen LogP contribution in [0, 0.1) is 0 Å². The van der Waals surface area contributed by atoms with E-state index in [4.69, 9.17) is 9.47 Å². The molecule has 3 aromatic rings. The van der Waals surface area contributed by atoms with Crippen molar-refractivity contribution < 1.29 is 27.5 Å². The number of hydrogen-bond acceptors (Lipinski definition) is 7. The maximum Gasteiger partial charge on any atom is 0.243 e. The van der Waals surface area contributed by atoms with Crippen LogP contribution in [0.3, 0.4) is 0 Å². The van der Waals surface area contributed by atoms with Gasteiger partial charge < -0.3 is 19.7 Å². The molecule has 0 aliphatic carbocycles. The minimum Gasteiger partial charge on any atom is -0.493 e. The van der Waals surface area contributed by atoms with Gasteiger partial charge in [0.05, 0.1) is 32.2 Å². The summed E-state index contributed by atoms with van der Waals surface area (Å²) in [4.78, 5) is 27.8. The van der Waals surface area contributed by atoms with Gasteiger partial charge in [-0.1, -0.05) is 19.1 Å². The first-order valence-corrected chi connectivity index (χ1v) is 15.3. The molecular formula is C29H37N3O6S2. The molecule has 216 valence electrons. The van der Waals surface area contributed by atoms with Crippen molar-refractivity contribution in [3.05, 3.63) is 70.4 Å². The van der Waals surface area contributed by atoms with Crippen molar-refractivity contribution in [1.82, 2.24) is 9.21 Å². The van der Waals surface area contributed by atoms with Crippen LogP contribution in [0.15, 0.2) is 64.9 Å². The Labute approximate surface area is 240 Å². The molecule has 2 aromatic carbocycles. The Morgan fingerprint density at radius 3 is 2.30 bits per heavy atom. The second-order valence-corrected chi connectivity index (χ2v) is 12.3. The molecule has 1 atom stereocenters. The number of carbonyl (C=O) groups is 2. The third kappa shape index (κ3) is 8.06. The topological polar surface area (TPSA) is 105 Å². The van der Waals surface area contributed by atoms with Gasteiger partial charge in [0.1, 0.15) is 0 Å². The van der Waals surface area contributed by atoms with Crippen molar-refractivity contribution in [2.75, 3.05) is 32.6 Å². The van der Waals surface area contributed by atoms with Crippen LogP contribution >= 0.6 is 11.3 Å². The number of sulfonamides is 1. The number of carbonyl (C=O) groups excluding carboxylic acids is 2. The molecule has 9 nitrogen and oxygen atoms in total. The van der Waals surface area contributed by atoms with Crippen LogP contribution in [0.2, 0.25) is 0 Å². The molecule has 0 saturated carbocycles. The Bertz CT molecular complexity index is 1380. The van der Waals surface area contributed by atoms with Gasteiger partial charge in [0, 0.05) is 30.1 Å². The summed E-state index contributed by atoms with van der Waals surface area (Å²) in [7, 11) is -0.835. The third-order valence-electron chi connectivity index (χ3n) is 6.55. The summed E-state index contributed by atoms with van der Waals surface area (Å²) < 4.78 is 39.4. The number of amides is 2. The summed E-state index contributed by atoms with van der Waals surface area (Å²) in [6, 6.07) is 15.1. The highest BCUT2D eigenvalue weighted by molar-refractivity contribution is 7.89. The average Bonchev–Trinajstić information content (AvgIpc) is 3.46. The molecule has 11 heteroatoms. The second-order valence-electron chi connectivity index (χ2n) is 9.35. The minimum absolute atomic E-state index is 0.0600. The van der Waals surface area contributed by atoms with Crippen molar-refractivity contribution in [2.45, 2.75) is 51.1 Å². The first-order chi connectivity index (χ1) is 19.1. The van der Waals surface area contributed by atoms with Crippen molar-refractivity contribution in [2.24, 2.45) is 0 Å². The Morgan fingerprint density at radius 1 is 1.02 bits per heavy atom. The molecule has 0 spiro atoms. The van der Waals surface area contributed by atoms with Crippen LogP contribution in [-0.4, -0.2) is 62.8 Å². The molecule has 2 amide bonds. The molecule has 0 aliphatic rings. The first kappa shape index (κ1) is 31.1. The number of ether oxygens (including phenoxy) is 2. The Hall–Kier alpha value is -3.41. The number of anilines is 1. The first-order valence-electron chi connectivity index (χ1n) is 13.0. The van der Waals surface area contributed by atoms with Gasteiger partial charge in [0.2, 0.25) is 21.8 Å². The molecule has 1 N–H and O–H groups in total. The van der Waals surface area contributed by atoms with Gasteiger partial charge in [-0.15, -0.1) is 11.3 Å². The molecule has 0 aliphatic heterocycles. The van der Waals surface area contributed by atoms with Crippen molar-refractivity contribution in [1.29, 1.82) is 0 Å². The van der Waals surface area contributed by atoms with E-state index in [1.165, 1.54) is 35.5 Å². The van der Waals surface area contributed by atoms with Gasteiger partial charge in [-0.25, -0.2) is 8.42 Å². The van der Waals surface area contributed by atoms with Gasteiger partial charge in [-0.2, -0.15) is 4.31 Å². The number of thiophene rings is 1. The summed E-state index contributed by atoms with van der Waals surface area (Å²) in [6.07, 6.45) is 1.09. The summed E-state index contributed by atoms with van der Waals surface area (Å²) >= 11 is 1.55. The lowest BCUT2D eigenvalue weighted by Gasteiger charge is -2.30. The van der Waals surface area contributed by atoms with Crippen molar-refractivity contribution in [3.63, 3.8) is 0 Å². The van der Waals surface area contributed by atoms with E-state index >= 15 is 0 Å². The fourth-order valence-electron chi connectivity index (χ4n) is 4.15. The van der Waals surface area contributed by atoms with Crippen molar-refractivity contribution >= 4 is 38.9 Å². The Balaban J connectivity index is 1.84. The number of methoxy groups -OCH3 is 2. The van der Waals surface area contributed by atoms with Crippen molar-refractivity contribution in [3.8, 4) is 11.5 Å². The van der Waals surface area contributed by atoms with E-state index in [0.29, 0.717) is 43.1 Å². The number of nitrogens with one attached hydrogen (secondary N) is 1. The van der Waals surface area contributed by atoms with Crippen LogP contribution in [0.4, 0.5) is 5.69 Å². The van der Waals surface area contributed by atoms with Crippen LogP contribution in [-0.2, 0) is 32.6 Å². The zero-order valence-corrected chi connectivity index (χ0v) is 25.2. The van der Waals surface area contributed by atoms with Crippen LogP contribution in [0.25, 0.3) is 0 Å². The minimum atomic E-state index is -3.99. The van der Waals surface area contributed by atoms with E-state index in [1.54, 1.807) is 37.4 Å². The molecule has 3 rings (SSSR count). The lowest BCUT2D eigenvalue weighted by Crippen LogP contribution is -2.46. The Kier molecular flexibility index (Phi) is 11.1. The highest BCUT2D eigenvalue weighted by Crippen LogP contribution is 2.28. The molecule has 1 aromatic heterocycles.